The lowest BCUT2D eigenvalue weighted by molar-refractivity contribution is -0.145. The first kappa shape index (κ1) is 24.1. The highest BCUT2D eigenvalue weighted by Crippen LogP contribution is 2.58. The van der Waals surface area contributed by atoms with Gasteiger partial charge in [0, 0.05) is 30.8 Å². The van der Waals surface area contributed by atoms with Crippen LogP contribution in [0.3, 0.4) is 0 Å². The minimum absolute atomic E-state index is 0.0232. The number of pyridine rings is 1. The number of nitrogen functional groups attached to an aromatic ring is 1. The van der Waals surface area contributed by atoms with E-state index in [0.717, 1.165) is 11.1 Å². The number of Topliss-reactive ketones (excluding diaryl/α,β-unsaturated/α-hetero) is 2. The summed E-state index contributed by atoms with van der Waals surface area (Å²) in [6, 6.07) is 9.66. The topological polar surface area (TPSA) is 162 Å². The molecule has 0 radical (unpaired) electrons. The number of fused-ring (bicyclic) bond motifs is 2. The molecule has 3 unspecified atom stereocenters. The summed E-state index contributed by atoms with van der Waals surface area (Å²) in [5.74, 6) is -1.25. The number of hydrogen-bond acceptors (Lipinski definition) is 8. The number of ether oxygens (including phenoxy) is 2. The van der Waals surface area contributed by atoms with E-state index in [-0.39, 0.29) is 29.5 Å². The fourth-order valence-electron chi connectivity index (χ4n) is 4.58. The molecule has 3 atom stereocenters. The summed E-state index contributed by atoms with van der Waals surface area (Å²) >= 11 is 0. The Balaban J connectivity index is 1.64. The molecule has 182 valence electrons. The molecule has 10 nitrogen and oxygen atoms in total. The molecule has 1 fully saturated rings. The van der Waals surface area contributed by atoms with Gasteiger partial charge in [-0.2, -0.15) is 0 Å². The van der Waals surface area contributed by atoms with Crippen molar-refractivity contribution in [2.45, 2.75) is 37.0 Å². The highest BCUT2D eigenvalue weighted by molar-refractivity contribution is 6.32. The fraction of sp³-hybridized carbons (Fsp3) is 0.320. The average Bonchev–Trinajstić information content (AvgIpc) is 3.57. The number of carbonyl (C=O) groups is 3. The van der Waals surface area contributed by atoms with Crippen LogP contribution in [-0.2, 0) is 14.3 Å². The number of benzene rings is 1. The Labute approximate surface area is 202 Å². The van der Waals surface area contributed by atoms with E-state index in [9.17, 15) is 14.4 Å². The Kier molecular flexibility index (Phi) is 6.16. The van der Waals surface area contributed by atoms with Crippen LogP contribution in [0.5, 0.6) is 0 Å². The van der Waals surface area contributed by atoms with E-state index in [1.165, 1.54) is 13.2 Å². The molecule has 2 aromatic rings. The first-order valence-corrected chi connectivity index (χ1v) is 11.0. The van der Waals surface area contributed by atoms with Gasteiger partial charge in [0.15, 0.2) is 17.3 Å². The third kappa shape index (κ3) is 3.85. The number of hydrogen-bond donors (Lipinski definition) is 3. The van der Waals surface area contributed by atoms with Crippen molar-refractivity contribution < 1.29 is 23.9 Å². The Morgan fingerprint density at radius 3 is 2.57 bits per heavy atom. The Morgan fingerprint density at radius 1 is 1.26 bits per heavy atom. The molecule has 2 aliphatic rings. The summed E-state index contributed by atoms with van der Waals surface area (Å²) < 4.78 is 10.6. The lowest BCUT2D eigenvalue weighted by Crippen LogP contribution is -2.50. The van der Waals surface area contributed by atoms with Gasteiger partial charge < -0.3 is 26.3 Å². The minimum atomic E-state index is -1.97. The number of nitrogens with zero attached hydrogens (tertiary/aromatic N) is 2. The third-order valence-electron chi connectivity index (χ3n) is 6.46. The molecule has 1 saturated heterocycles. The highest BCUT2D eigenvalue weighted by atomic mass is 16.7. The van der Waals surface area contributed by atoms with E-state index in [2.05, 4.69) is 15.3 Å². The molecule has 0 spiro atoms. The Bertz CT molecular complexity index is 1270. The number of nitrogens with one attached hydrogen (secondary N) is 1. The van der Waals surface area contributed by atoms with Crippen LogP contribution < -0.4 is 16.8 Å². The second-order valence-corrected chi connectivity index (χ2v) is 8.58. The monoisotopic (exact) mass is 477 g/mol. The van der Waals surface area contributed by atoms with Crippen molar-refractivity contribution in [3.05, 3.63) is 70.9 Å². The average molecular weight is 478 g/mol. The zero-order valence-corrected chi connectivity index (χ0v) is 19.7. The van der Waals surface area contributed by atoms with Crippen LogP contribution in [0.15, 0.2) is 59.2 Å². The van der Waals surface area contributed by atoms with E-state index in [1.807, 2.05) is 13.0 Å². The number of nitrogens with two attached hydrogens (primary N) is 2. The molecule has 1 aliphatic heterocycles. The van der Waals surface area contributed by atoms with Gasteiger partial charge in [-0.15, -0.1) is 0 Å². The van der Waals surface area contributed by atoms with Crippen LogP contribution in [0, 0.1) is 0 Å². The molecule has 35 heavy (non-hydrogen) atoms. The van der Waals surface area contributed by atoms with Gasteiger partial charge in [-0.25, -0.2) is 9.78 Å². The number of methoxy groups -OCH3 is 1. The maximum atomic E-state index is 13.4. The maximum absolute atomic E-state index is 13.4. The molecule has 1 aliphatic carbocycles. The molecule has 2 heterocycles. The van der Waals surface area contributed by atoms with Crippen molar-refractivity contribution in [3.8, 4) is 0 Å². The van der Waals surface area contributed by atoms with Crippen molar-refractivity contribution in [2.24, 2.45) is 10.7 Å². The predicted octanol–water partition coefficient (Wildman–Crippen LogP) is 1.73. The number of esters is 1. The van der Waals surface area contributed by atoms with E-state index in [1.54, 1.807) is 43.6 Å². The standard InChI is InChI=1S/C25H27N5O5/c1-14(12-18(30-23(27)28-2)15-9-11-29-19(26)13-15)8-10-24-20(31)16-6-4-5-7-17(16)21(32)25(24,35-24)22(33)34-3/h4-9,11,13,18H,10,12H2,1-3H3,(H2,26,29)(H3,27,28,30). The van der Waals surface area contributed by atoms with Crippen molar-refractivity contribution in [3.63, 3.8) is 0 Å². The fourth-order valence-corrected chi connectivity index (χ4v) is 4.58. The van der Waals surface area contributed by atoms with Gasteiger partial charge in [-0.3, -0.25) is 14.6 Å². The molecular formula is C25H27N5O5. The summed E-state index contributed by atoms with van der Waals surface area (Å²) in [6.07, 6.45) is 3.89. The first-order chi connectivity index (χ1) is 16.7. The van der Waals surface area contributed by atoms with E-state index >= 15 is 0 Å². The van der Waals surface area contributed by atoms with Gasteiger partial charge in [0.2, 0.25) is 5.78 Å². The van der Waals surface area contributed by atoms with E-state index in [0.29, 0.717) is 12.2 Å². The third-order valence-corrected chi connectivity index (χ3v) is 6.46. The van der Waals surface area contributed by atoms with Crippen LogP contribution in [0.1, 0.15) is 52.1 Å². The van der Waals surface area contributed by atoms with Crippen molar-refractivity contribution >= 4 is 29.3 Å². The normalized spacial score (nSPS) is 24.3. The van der Waals surface area contributed by atoms with Gasteiger partial charge in [0.1, 0.15) is 5.82 Å². The maximum Gasteiger partial charge on any atom is 0.350 e. The Morgan fingerprint density at radius 2 is 1.94 bits per heavy atom. The van der Waals surface area contributed by atoms with Gasteiger partial charge >= 0.3 is 5.97 Å². The van der Waals surface area contributed by atoms with Gasteiger partial charge in [-0.1, -0.05) is 35.9 Å². The number of aromatic nitrogens is 1. The van der Waals surface area contributed by atoms with Gasteiger partial charge in [0.05, 0.1) is 13.2 Å². The summed E-state index contributed by atoms with van der Waals surface area (Å²) in [5.41, 5.74) is 10.3. The quantitative estimate of drug-likeness (QED) is 0.135. The second kappa shape index (κ2) is 8.95. The van der Waals surface area contributed by atoms with Crippen molar-refractivity contribution in [1.82, 2.24) is 10.3 Å². The van der Waals surface area contributed by atoms with Crippen LogP contribution in [0.4, 0.5) is 5.82 Å². The highest BCUT2D eigenvalue weighted by Gasteiger charge is 2.85. The number of carbonyl (C=O) groups excluding carboxylic acids is 3. The van der Waals surface area contributed by atoms with Crippen LogP contribution in [0.25, 0.3) is 0 Å². The zero-order chi connectivity index (χ0) is 25.4. The van der Waals surface area contributed by atoms with Crippen molar-refractivity contribution in [2.75, 3.05) is 19.9 Å². The minimum Gasteiger partial charge on any atom is -0.466 e. The van der Waals surface area contributed by atoms with E-state index in [4.69, 9.17) is 20.9 Å². The molecular weight excluding hydrogens is 450 g/mol. The number of anilines is 1. The van der Waals surface area contributed by atoms with E-state index < -0.39 is 28.7 Å². The molecule has 1 aromatic heterocycles. The molecule has 0 saturated carbocycles. The molecule has 0 amide bonds. The largest absolute Gasteiger partial charge is 0.466 e. The predicted molar refractivity (Wildman–Crippen MR) is 129 cm³/mol. The Hall–Kier alpha value is -4.05. The number of guanidine groups is 1. The van der Waals surface area contributed by atoms with Crippen molar-refractivity contribution in [1.29, 1.82) is 0 Å². The molecule has 10 heteroatoms. The van der Waals surface area contributed by atoms with Crippen LogP contribution >= 0.6 is 0 Å². The lowest BCUT2D eigenvalue weighted by Gasteiger charge is -2.23. The SMILES string of the molecule is CN=C(N)NC(CC(C)=CCC12OC1(C(=O)OC)C(=O)c1ccccc1C2=O)c1ccnc(N)c1. The molecule has 4 rings (SSSR count). The first-order valence-electron chi connectivity index (χ1n) is 11.0. The molecule has 5 N–H and O–H groups in total. The summed E-state index contributed by atoms with van der Waals surface area (Å²) in [7, 11) is 2.74. The smallest absolute Gasteiger partial charge is 0.350 e. The van der Waals surface area contributed by atoms with Crippen LogP contribution in [-0.4, -0.2) is 53.8 Å². The second-order valence-electron chi connectivity index (χ2n) is 8.58. The number of epoxide rings is 1. The van der Waals surface area contributed by atoms with Gasteiger partial charge in [0.25, 0.3) is 5.60 Å². The lowest BCUT2D eigenvalue weighted by atomic mass is 9.72. The summed E-state index contributed by atoms with van der Waals surface area (Å²) in [4.78, 5) is 47.4. The number of rotatable bonds is 7. The zero-order valence-electron chi connectivity index (χ0n) is 19.7. The number of aliphatic imine (C=N–C) groups is 1. The van der Waals surface area contributed by atoms with Crippen LogP contribution in [0.2, 0.25) is 0 Å². The van der Waals surface area contributed by atoms with Gasteiger partial charge in [-0.05, 0) is 31.0 Å². The summed E-state index contributed by atoms with van der Waals surface area (Å²) in [5, 5.41) is 3.14. The molecule has 1 aromatic carbocycles. The summed E-state index contributed by atoms with van der Waals surface area (Å²) in [6.45, 7) is 1.88. The number of ketones is 2. The molecule has 0 bridgehead atoms.